The van der Waals surface area contributed by atoms with Crippen LogP contribution in [0.1, 0.15) is 45.6 Å². The second-order valence-corrected chi connectivity index (χ2v) is 4.89. The highest BCUT2D eigenvalue weighted by molar-refractivity contribution is 5.29. The summed E-state index contributed by atoms with van der Waals surface area (Å²) in [6.07, 6.45) is 2.96. The van der Waals surface area contributed by atoms with Crippen molar-refractivity contribution in [2.75, 3.05) is 0 Å². The van der Waals surface area contributed by atoms with Crippen LogP contribution < -0.4 is 4.74 Å². The van der Waals surface area contributed by atoms with Crippen molar-refractivity contribution in [3.8, 4) is 5.88 Å². The Balaban J connectivity index is 2.38. The summed E-state index contributed by atoms with van der Waals surface area (Å²) in [4.78, 5) is 0. The minimum absolute atomic E-state index is 0.0420. The van der Waals surface area contributed by atoms with Crippen molar-refractivity contribution < 1.29 is 4.74 Å². The molecule has 0 aromatic carbocycles. The number of hydrogen-bond donors (Lipinski definition) is 0. The highest BCUT2D eigenvalue weighted by atomic mass is 16.5. The molecule has 1 aromatic rings. The molecule has 1 aliphatic rings. The Morgan fingerprint density at radius 1 is 1.50 bits per heavy atom. The zero-order chi connectivity index (χ0) is 10.3. The number of rotatable bonds is 1. The highest BCUT2D eigenvalue weighted by Gasteiger charge is 2.29. The molecular weight excluding hydrogens is 176 g/mol. The zero-order valence-corrected chi connectivity index (χ0v) is 9.37. The molecule has 0 saturated heterocycles. The van der Waals surface area contributed by atoms with Gasteiger partial charge in [-0.05, 0) is 19.8 Å². The Morgan fingerprint density at radius 3 is 2.86 bits per heavy atom. The van der Waals surface area contributed by atoms with Gasteiger partial charge in [0.05, 0.1) is 6.20 Å². The molecule has 2 rings (SSSR count). The quantitative estimate of drug-likeness (QED) is 0.687. The number of aryl methyl sites for hydroxylation is 1. The van der Waals surface area contributed by atoms with E-state index in [2.05, 4.69) is 32.8 Å². The predicted molar refractivity (Wildman–Crippen MR) is 55.6 cm³/mol. The number of aromatic nitrogens is 2. The molecule has 14 heavy (non-hydrogen) atoms. The lowest BCUT2D eigenvalue weighted by molar-refractivity contribution is 0.0520. The van der Waals surface area contributed by atoms with E-state index < -0.39 is 0 Å². The van der Waals surface area contributed by atoms with Crippen molar-refractivity contribution in [2.45, 2.75) is 52.2 Å². The molecule has 0 radical (unpaired) electrons. The van der Waals surface area contributed by atoms with Gasteiger partial charge in [-0.1, -0.05) is 13.8 Å². The van der Waals surface area contributed by atoms with Crippen LogP contribution in [0, 0.1) is 0 Å². The van der Waals surface area contributed by atoms with E-state index in [0.717, 1.165) is 18.8 Å². The van der Waals surface area contributed by atoms with Crippen LogP contribution in [0.15, 0.2) is 6.20 Å². The molecule has 0 saturated carbocycles. The lowest BCUT2D eigenvalue weighted by atomic mass is 10.0. The number of nitrogens with zero attached hydrogens (tertiary/aromatic N) is 2. The summed E-state index contributed by atoms with van der Waals surface area (Å²) < 4.78 is 7.92. The third-order valence-electron chi connectivity index (χ3n) is 2.74. The molecule has 0 N–H and O–H groups in total. The smallest absolute Gasteiger partial charge is 0.215 e. The van der Waals surface area contributed by atoms with Gasteiger partial charge in [-0.15, -0.1) is 0 Å². The zero-order valence-electron chi connectivity index (χ0n) is 9.37. The Labute approximate surface area is 85.1 Å². The lowest BCUT2D eigenvalue weighted by Crippen LogP contribution is -2.35. The van der Waals surface area contributed by atoms with E-state index in [9.17, 15) is 0 Å². The number of fused-ring (bicyclic) bond motifs is 1. The van der Waals surface area contributed by atoms with Crippen molar-refractivity contribution >= 4 is 0 Å². The fourth-order valence-corrected chi connectivity index (χ4v) is 1.74. The van der Waals surface area contributed by atoms with Gasteiger partial charge in [0.15, 0.2) is 0 Å². The van der Waals surface area contributed by atoms with Gasteiger partial charge in [-0.25, -0.2) is 4.68 Å². The minimum Gasteiger partial charge on any atom is -0.472 e. The van der Waals surface area contributed by atoms with Crippen molar-refractivity contribution in [2.24, 2.45) is 0 Å². The summed E-state index contributed by atoms with van der Waals surface area (Å²) in [6, 6.07) is 0. The van der Waals surface area contributed by atoms with Gasteiger partial charge in [-0.3, -0.25) is 0 Å². The first kappa shape index (κ1) is 9.56. The second-order valence-electron chi connectivity index (χ2n) is 4.89. The third kappa shape index (κ3) is 1.51. The largest absolute Gasteiger partial charge is 0.472 e. The van der Waals surface area contributed by atoms with Crippen LogP contribution >= 0.6 is 0 Å². The molecule has 1 aromatic heterocycles. The molecule has 0 spiro atoms. The fourth-order valence-electron chi connectivity index (χ4n) is 1.74. The molecule has 1 aliphatic heterocycles. The van der Waals surface area contributed by atoms with E-state index in [-0.39, 0.29) is 5.60 Å². The molecule has 3 nitrogen and oxygen atoms in total. The van der Waals surface area contributed by atoms with Crippen molar-refractivity contribution in [3.63, 3.8) is 0 Å². The van der Waals surface area contributed by atoms with Gasteiger partial charge in [0.1, 0.15) is 5.60 Å². The molecule has 0 unspecified atom stereocenters. The Bertz CT molecular complexity index is 339. The number of ether oxygens (including phenoxy) is 1. The fraction of sp³-hybridized carbons (Fsp3) is 0.727. The standard InChI is InChI=1S/C11H18N2O/c1-8(2)9-7-12-13-6-5-11(3,4)14-10(9)13/h7-8H,5-6H2,1-4H3. The lowest BCUT2D eigenvalue weighted by Gasteiger charge is -2.32. The Morgan fingerprint density at radius 2 is 2.21 bits per heavy atom. The maximum atomic E-state index is 5.95. The van der Waals surface area contributed by atoms with Crippen LogP contribution in [-0.2, 0) is 6.54 Å². The van der Waals surface area contributed by atoms with Crippen LogP contribution in [0.5, 0.6) is 5.88 Å². The van der Waals surface area contributed by atoms with E-state index in [1.165, 1.54) is 5.56 Å². The minimum atomic E-state index is -0.0420. The summed E-state index contributed by atoms with van der Waals surface area (Å²) in [5.74, 6) is 1.45. The first-order valence-electron chi connectivity index (χ1n) is 5.24. The van der Waals surface area contributed by atoms with Gasteiger partial charge in [0, 0.05) is 18.5 Å². The SMILES string of the molecule is CC(C)c1cnn2c1OC(C)(C)CC2. The molecule has 78 valence electrons. The van der Waals surface area contributed by atoms with Crippen LogP contribution in [0.4, 0.5) is 0 Å². The van der Waals surface area contributed by atoms with E-state index in [1.54, 1.807) is 0 Å². The highest BCUT2D eigenvalue weighted by Crippen LogP contribution is 2.34. The van der Waals surface area contributed by atoms with E-state index in [1.807, 2.05) is 10.9 Å². The summed E-state index contributed by atoms with van der Waals surface area (Å²) >= 11 is 0. The first-order valence-corrected chi connectivity index (χ1v) is 5.24. The van der Waals surface area contributed by atoms with Gasteiger partial charge < -0.3 is 4.74 Å². The maximum absolute atomic E-state index is 5.95. The summed E-state index contributed by atoms with van der Waals surface area (Å²) in [6.45, 7) is 9.57. The van der Waals surface area contributed by atoms with Crippen molar-refractivity contribution in [3.05, 3.63) is 11.8 Å². The summed E-state index contributed by atoms with van der Waals surface area (Å²) in [5.41, 5.74) is 1.18. The summed E-state index contributed by atoms with van der Waals surface area (Å²) in [7, 11) is 0. The molecule has 0 fully saturated rings. The van der Waals surface area contributed by atoms with E-state index in [0.29, 0.717) is 5.92 Å². The second kappa shape index (κ2) is 3.01. The molecule has 0 amide bonds. The Hall–Kier alpha value is -0.990. The normalized spacial score (nSPS) is 19.2. The summed E-state index contributed by atoms with van der Waals surface area (Å²) in [5, 5.41) is 4.34. The number of hydrogen-bond acceptors (Lipinski definition) is 2. The van der Waals surface area contributed by atoms with Gasteiger partial charge in [-0.2, -0.15) is 5.10 Å². The third-order valence-corrected chi connectivity index (χ3v) is 2.74. The molecule has 0 bridgehead atoms. The average molecular weight is 194 g/mol. The van der Waals surface area contributed by atoms with Gasteiger partial charge in [0.2, 0.25) is 5.88 Å². The van der Waals surface area contributed by atoms with Gasteiger partial charge in [0.25, 0.3) is 0 Å². The topological polar surface area (TPSA) is 27.1 Å². The molecular formula is C11H18N2O. The van der Waals surface area contributed by atoms with Gasteiger partial charge >= 0.3 is 0 Å². The van der Waals surface area contributed by atoms with Crippen LogP contribution in [0.25, 0.3) is 0 Å². The molecule has 3 heteroatoms. The van der Waals surface area contributed by atoms with Crippen molar-refractivity contribution in [1.82, 2.24) is 9.78 Å². The van der Waals surface area contributed by atoms with Crippen LogP contribution in [0.2, 0.25) is 0 Å². The predicted octanol–water partition coefficient (Wildman–Crippen LogP) is 2.57. The average Bonchev–Trinajstić information content (AvgIpc) is 2.44. The van der Waals surface area contributed by atoms with Crippen LogP contribution in [0.3, 0.4) is 0 Å². The molecule has 0 atom stereocenters. The van der Waals surface area contributed by atoms with E-state index in [4.69, 9.17) is 4.74 Å². The van der Waals surface area contributed by atoms with Crippen LogP contribution in [-0.4, -0.2) is 15.4 Å². The first-order chi connectivity index (χ1) is 6.49. The molecule has 2 heterocycles. The Kier molecular flexibility index (Phi) is 2.05. The van der Waals surface area contributed by atoms with Crippen molar-refractivity contribution in [1.29, 1.82) is 0 Å². The molecule has 0 aliphatic carbocycles. The maximum Gasteiger partial charge on any atom is 0.215 e. The monoisotopic (exact) mass is 194 g/mol. The van der Waals surface area contributed by atoms with E-state index >= 15 is 0 Å².